The number of rotatable bonds is 6. The Morgan fingerprint density at radius 3 is 2.75 bits per heavy atom. The van der Waals surface area contributed by atoms with Gasteiger partial charge in [0.25, 0.3) is 0 Å². The topological polar surface area (TPSA) is 38.3 Å². The summed E-state index contributed by atoms with van der Waals surface area (Å²) in [6.07, 6.45) is 4.09. The van der Waals surface area contributed by atoms with Crippen molar-refractivity contribution in [2.45, 2.75) is 63.4 Å². The van der Waals surface area contributed by atoms with Crippen molar-refractivity contribution in [2.75, 3.05) is 6.54 Å². The van der Waals surface area contributed by atoms with Crippen LogP contribution >= 0.6 is 11.6 Å². The summed E-state index contributed by atoms with van der Waals surface area (Å²) in [5, 5.41) is 0.773. The first kappa shape index (κ1) is 19.8. The summed E-state index contributed by atoms with van der Waals surface area (Å²) in [5.74, 6) is 0. The molecule has 0 saturated carbocycles. The third-order valence-corrected chi connectivity index (χ3v) is 6.50. The monoisotopic (exact) mass is 368 g/mol. The molecule has 1 aliphatic heterocycles. The van der Waals surface area contributed by atoms with E-state index in [1.54, 1.807) is 0 Å². The first-order valence-corrected chi connectivity index (χ1v) is 10.1. The van der Waals surface area contributed by atoms with E-state index in [2.05, 4.69) is 35.3 Å². The minimum Gasteiger partial charge on any atom is -0.598 e. The molecule has 3 nitrogen and oxygen atoms in total. The molecule has 0 aromatic heterocycles. The fourth-order valence-corrected chi connectivity index (χ4v) is 4.38. The van der Waals surface area contributed by atoms with Crippen LogP contribution in [-0.2, 0) is 11.4 Å². The summed E-state index contributed by atoms with van der Waals surface area (Å²) in [7, 11) is 0. The maximum atomic E-state index is 12.4. The molecule has 0 amide bonds. The third-order valence-electron chi connectivity index (χ3n) is 4.56. The van der Waals surface area contributed by atoms with Gasteiger partial charge in [0.05, 0.1) is 6.04 Å². The van der Waals surface area contributed by atoms with Crippen LogP contribution in [-0.4, -0.2) is 32.8 Å². The average molecular weight is 369 g/mol. The van der Waals surface area contributed by atoms with E-state index in [-0.39, 0.29) is 10.8 Å². The molecule has 5 heteroatoms. The van der Waals surface area contributed by atoms with Crippen LogP contribution in [0.5, 0.6) is 0 Å². The predicted molar refractivity (Wildman–Crippen MR) is 105 cm³/mol. The molecule has 2 rings (SSSR count). The highest BCUT2D eigenvalue weighted by molar-refractivity contribution is 7.90. The fourth-order valence-electron chi connectivity index (χ4n) is 3.34. The molecular weight excluding hydrogens is 340 g/mol. The maximum absolute atomic E-state index is 12.4. The average Bonchev–Trinajstić information content (AvgIpc) is 2.90. The second kappa shape index (κ2) is 8.24. The van der Waals surface area contributed by atoms with Crippen molar-refractivity contribution in [3.63, 3.8) is 0 Å². The number of nitrogens with zero attached hydrogens (tertiary/aromatic N) is 1. The van der Waals surface area contributed by atoms with Gasteiger partial charge in [-0.15, -0.1) is 11.3 Å². The van der Waals surface area contributed by atoms with Crippen molar-refractivity contribution in [1.29, 1.82) is 0 Å². The van der Waals surface area contributed by atoms with Crippen LogP contribution in [0.1, 0.15) is 52.1 Å². The first-order valence-electron chi connectivity index (χ1n) is 8.54. The smallest absolute Gasteiger partial charge is 0.136 e. The van der Waals surface area contributed by atoms with Crippen molar-refractivity contribution in [1.82, 2.24) is 9.62 Å². The molecule has 0 bridgehead atoms. The van der Waals surface area contributed by atoms with E-state index in [9.17, 15) is 4.55 Å². The number of nitrogens with one attached hydrogen (secondary N) is 1. The van der Waals surface area contributed by atoms with Gasteiger partial charge in [0, 0.05) is 35.0 Å². The Balaban J connectivity index is 2.14. The summed E-state index contributed by atoms with van der Waals surface area (Å²) in [4.78, 5) is 2.45. The van der Waals surface area contributed by atoms with Crippen molar-refractivity contribution in [2.24, 2.45) is 0 Å². The van der Waals surface area contributed by atoms with Crippen LogP contribution in [0.4, 0.5) is 0 Å². The first-order chi connectivity index (χ1) is 11.2. The second-order valence-corrected chi connectivity index (χ2v) is 9.92. The van der Waals surface area contributed by atoms with Gasteiger partial charge in [0.2, 0.25) is 0 Å². The van der Waals surface area contributed by atoms with Crippen LogP contribution in [0.3, 0.4) is 0 Å². The van der Waals surface area contributed by atoms with E-state index in [0.29, 0.717) is 12.1 Å². The number of hydrogen-bond acceptors (Lipinski definition) is 3. The fraction of sp³-hybridized carbons (Fsp3) is 0.579. The number of halogens is 1. The Kier molecular flexibility index (Phi) is 6.80. The number of likely N-dealkylation sites (tertiary alicyclic amines) is 1. The van der Waals surface area contributed by atoms with Gasteiger partial charge in [-0.2, -0.15) is 0 Å². The Morgan fingerprint density at radius 1 is 1.46 bits per heavy atom. The van der Waals surface area contributed by atoms with Crippen molar-refractivity contribution < 1.29 is 4.55 Å². The number of benzene rings is 1. The van der Waals surface area contributed by atoms with Crippen LogP contribution in [0, 0.1) is 0 Å². The molecule has 1 aliphatic rings. The van der Waals surface area contributed by atoms with E-state index in [1.165, 1.54) is 5.56 Å². The molecule has 134 valence electrons. The van der Waals surface area contributed by atoms with Crippen LogP contribution in [0.2, 0.25) is 5.02 Å². The molecule has 4 atom stereocenters. The van der Waals surface area contributed by atoms with Gasteiger partial charge in [0.1, 0.15) is 4.75 Å². The summed E-state index contributed by atoms with van der Waals surface area (Å²) >= 11 is 5.11. The molecule has 0 aliphatic carbocycles. The van der Waals surface area contributed by atoms with Crippen molar-refractivity contribution in [3.05, 3.63) is 47.5 Å². The van der Waals surface area contributed by atoms with E-state index >= 15 is 0 Å². The van der Waals surface area contributed by atoms with Gasteiger partial charge in [-0.25, -0.2) is 0 Å². The van der Waals surface area contributed by atoms with Gasteiger partial charge in [-0.05, 0) is 58.2 Å². The third kappa shape index (κ3) is 4.77. The highest BCUT2D eigenvalue weighted by Crippen LogP contribution is 2.38. The summed E-state index contributed by atoms with van der Waals surface area (Å²) in [6.45, 7) is 12.8. The number of hydrogen-bond donors (Lipinski definition) is 1. The molecule has 1 aromatic rings. The minimum atomic E-state index is -1.07. The molecule has 0 spiro atoms. The zero-order valence-electron chi connectivity index (χ0n) is 15.1. The van der Waals surface area contributed by atoms with Crippen molar-refractivity contribution in [3.8, 4) is 0 Å². The van der Waals surface area contributed by atoms with Gasteiger partial charge >= 0.3 is 0 Å². The molecule has 1 N–H and O–H groups in total. The Bertz CT molecular complexity index is 561. The van der Waals surface area contributed by atoms with Gasteiger partial charge in [0.15, 0.2) is 0 Å². The quantitative estimate of drug-likeness (QED) is 0.594. The summed E-state index contributed by atoms with van der Waals surface area (Å²) in [5.41, 5.74) is 1.25. The normalized spacial score (nSPS) is 24.8. The lowest BCUT2D eigenvalue weighted by Crippen LogP contribution is -2.51. The SMILES string of the molecule is C=CCN1[C@@H](C(C)N[S+]([O-])C(C)(C)C)CC[C@H]1c1cccc(Cl)c1. The Hall–Kier alpha value is -0.520. The van der Waals surface area contributed by atoms with Crippen LogP contribution < -0.4 is 4.72 Å². The van der Waals surface area contributed by atoms with E-state index < -0.39 is 11.4 Å². The van der Waals surface area contributed by atoms with Gasteiger partial charge in [-0.1, -0.05) is 29.8 Å². The highest BCUT2D eigenvalue weighted by Gasteiger charge is 2.39. The highest BCUT2D eigenvalue weighted by atomic mass is 35.5. The molecule has 2 unspecified atom stereocenters. The molecule has 1 fully saturated rings. The Labute approximate surface area is 154 Å². The molecular formula is C19H29ClN2OS. The Morgan fingerprint density at radius 2 is 2.17 bits per heavy atom. The molecule has 0 radical (unpaired) electrons. The van der Waals surface area contributed by atoms with E-state index in [1.807, 2.05) is 39.0 Å². The summed E-state index contributed by atoms with van der Waals surface area (Å²) in [6, 6.07) is 8.92. The standard InChI is InChI=1S/C19H29ClN2OS/c1-6-12-22-17(14(2)21-24(23)19(3,4)5)10-11-18(22)15-8-7-9-16(20)13-15/h6-9,13-14,17-18,21H,1,10-12H2,2-5H3/t14?,17-,18+,24?/m1/s1. The largest absolute Gasteiger partial charge is 0.598 e. The zero-order valence-corrected chi connectivity index (χ0v) is 16.7. The molecule has 1 heterocycles. The van der Waals surface area contributed by atoms with E-state index in [0.717, 1.165) is 24.4 Å². The van der Waals surface area contributed by atoms with Crippen LogP contribution in [0.15, 0.2) is 36.9 Å². The van der Waals surface area contributed by atoms with Crippen LogP contribution in [0.25, 0.3) is 0 Å². The van der Waals surface area contributed by atoms with Crippen molar-refractivity contribution >= 4 is 23.0 Å². The van der Waals surface area contributed by atoms with E-state index in [4.69, 9.17) is 11.6 Å². The minimum absolute atomic E-state index is 0.147. The zero-order chi connectivity index (χ0) is 17.9. The van der Waals surface area contributed by atoms with Gasteiger partial charge in [-0.3, -0.25) is 4.90 Å². The lowest BCUT2D eigenvalue weighted by molar-refractivity contribution is 0.191. The van der Waals surface area contributed by atoms with Gasteiger partial charge < -0.3 is 4.55 Å². The lowest BCUT2D eigenvalue weighted by atomic mass is 10.0. The lowest BCUT2D eigenvalue weighted by Gasteiger charge is -2.35. The summed E-state index contributed by atoms with van der Waals surface area (Å²) < 4.78 is 15.5. The maximum Gasteiger partial charge on any atom is 0.136 e. The molecule has 24 heavy (non-hydrogen) atoms. The molecule has 1 aromatic carbocycles. The predicted octanol–water partition coefficient (Wildman–Crippen LogP) is 4.47. The molecule has 1 saturated heterocycles. The second-order valence-electron chi connectivity index (χ2n) is 7.49.